The first-order chi connectivity index (χ1) is 16.8. The Hall–Kier alpha value is -3.37. The first-order valence-corrected chi connectivity index (χ1v) is 11.4. The molecule has 2 saturated heterocycles. The normalized spacial score (nSPS) is 19.1. The van der Waals surface area contributed by atoms with E-state index in [1.165, 1.54) is 54.5 Å². The molecular formula is C25H27F2N3O5. The standard InChI is InChI=1S/C25H27F2N3O5/c1-34-14-11-28-22(31)21-16-35-25(30(21)24(33)18-3-2-4-20(27)15-18)9-12-29(13-10-25)23(32)17-5-7-19(26)8-6-17/h2-8,15,21H,9-14,16H2,1H3,(H,28,31)/t21-/m1/s1. The summed E-state index contributed by atoms with van der Waals surface area (Å²) in [5.41, 5.74) is -0.654. The molecule has 10 heteroatoms. The third-order valence-electron chi connectivity index (χ3n) is 6.38. The lowest BCUT2D eigenvalue weighted by molar-refractivity contribution is -0.128. The molecule has 2 aromatic rings. The van der Waals surface area contributed by atoms with Gasteiger partial charge < -0.3 is 19.7 Å². The van der Waals surface area contributed by atoms with E-state index in [9.17, 15) is 23.2 Å². The highest BCUT2D eigenvalue weighted by molar-refractivity contribution is 5.98. The summed E-state index contributed by atoms with van der Waals surface area (Å²) < 4.78 is 38.2. The van der Waals surface area contributed by atoms with E-state index in [2.05, 4.69) is 5.32 Å². The maximum absolute atomic E-state index is 13.9. The molecule has 0 aromatic heterocycles. The summed E-state index contributed by atoms with van der Waals surface area (Å²) in [6, 6.07) is 9.68. The van der Waals surface area contributed by atoms with Crippen LogP contribution in [-0.2, 0) is 14.3 Å². The zero-order valence-corrected chi connectivity index (χ0v) is 19.3. The van der Waals surface area contributed by atoms with Gasteiger partial charge in [-0.1, -0.05) is 6.07 Å². The number of benzene rings is 2. The van der Waals surface area contributed by atoms with Crippen molar-refractivity contribution in [2.45, 2.75) is 24.6 Å². The van der Waals surface area contributed by atoms with Crippen LogP contribution in [-0.4, -0.2) is 79.2 Å². The number of carbonyl (C=O) groups excluding carboxylic acids is 3. The van der Waals surface area contributed by atoms with Crippen molar-refractivity contribution in [1.82, 2.24) is 15.1 Å². The van der Waals surface area contributed by atoms with Crippen LogP contribution in [0.2, 0.25) is 0 Å². The number of methoxy groups -OCH3 is 1. The summed E-state index contributed by atoms with van der Waals surface area (Å²) >= 11 is 0. The number of piperidine rings is 1. The van der Waals surface area contributed by atoms with Crippen LogP contribution in [0.4, 0.5) is 8.78 Å². The number of rotatable bonds is 6. The van der Waals surface area contributed by atoms with E-state index in [-0.39, 0.29) is 50.6 Å². The number of ether oxygens (including phenoxy) is 2. The molecule has 2 fully saturated rings. The van der Waals surface area contributed by atoms with Gasteiger partial charge in [0.1, 0.15) is 23.4 Å². The molecule has 8 nitrogen and oxygen atoms in total. The van der Waals surface area contributed by atoms with Crippen LogP contribution in [0.15, 0.2) is 48.5 Å². The summed E-state index contributed by atoms with van der Waals surface area (Å²) in [6.07, 6.45) is 0.533. The smallest absolute Gasteiger partial charge is 0.256 e. The Labute approximate surface area is 201 Å². The Kier molecular flexibility index (Phi) is 7.42. The van der Waals surface area contributed by atoms with E-state index in [1.54, 1.807) is 4.90 Å². The molecule has 0 bridgehead atoms. The largest absolute Gasteiger partial charge is 0.383 e. The third kappa shape index (κ3) is 5.18. The summed E-state index contributed by atoms with van der Waals surface area (Å²) in [7, 11) is 1.51. The molecule has 186 valence electrons. The van der Waals surface area contributed by atoms with Crippen molar-refractivity contribution in [2.75, 3.05) is 40.0 Å². The Morgan fingerprint density at radius 3 is 2.40 bits per heavy atom. The number of hydrogen-bond donors (Lipinski definition) is 1. The second-order valence-corrected chi connectivity index (χ2v) is 8.54. The zero-order valence-electron chi connectivity index (χ0n) is 19.3. The van der Waals surface area contributed by atoms with Crippen molar-refractivity contribution in [3.8, 4) is 0 Å². The molecule has 2 aliphatic rings. The SMILES string of the molecule is COCCNC(=O)[C@H]1COC2(CCN(C(=O)c3ccc(F)cc3)CC2)N1C(=O)c1cccc(F)c1. The second-order valence-electron chi connectivity index (χ2n) is 8.54. The molecule has 0 saturated carbocycles. The molecule has 3 amide bonds. The summed E-state index contributed by atoms with van der Waals surface area (Å²) in [6.45, 7) is 1.08. The maximum atomic E-state index is 13.9. The van der Waals surface area contributed by atoms with Crippen LogP contribution in [0.25, 0.3) is 0 Å². The summed E-state index contributed by atoms with van der Waals surface area (Å²) in [5, 5.41) is 2.74. The number of hydrogen-bond acceptors (Lipinski definition) is 5. The molecule has 0 radical (unpaired) electrons. The Morgan fingerprint density at radius 2 is 1.74 bits per heavy atom. The predicted molar refractivity (Wildman–Crippen MR) is 121 cm³/mol. The van der Waals surface area contributed by atoms with Crippen molar-refractivity contribution >= 4 is 17.7 Å². The highest BCUT2D eigenvalue weighted by Gasteiger charge is 2.54. The Morgan fingerprint density at radius 1 is 1.03 bits per heavy atom. The molecule has 2 heterocycles. The van der Waals surface area contributed by atoms with Crippen molar-refractivity contribution in [1.29, 1.82) is 0 Å². The van der Waals surface area contributed by atoms with Crippen molar-refractivity contribution in [3.05, 3.63) is 71.3 Å². The molecule has 35 heavy (non-hydrogen) atoms. The quantitative estimate of drug-likeness (QED) is 0.632. The highest BCUT2D eigenvalue weighted by atomic mass is 19.1. The van der Waals surface area contributed by atoms with Crippen LogP contribution in [0, 0.1) is 11.6 Å². The van der Waals surface area contributed by atoms with Gasteiger partial charge in [0.25, 0.3) is 11.8 Å². The molecule has 2 aromatic carbocycles. The molecular weight excluding hydrogens is 460 g/mol. The molecule has 0 aliphatic carbocycles. The lowest BCUT2D eigenvalue weighted by Gasteiger charge is -2.44. The number of nitrogens with one attached hydrogen (secondary N) is 1. The maximum Gasteiger partial charge on any atom is 0.256 e. The fraction of sp³-hybridized carbons (Fsp3) is 0.400. The van der Waals surface area contributed by atoms with Crippen LogP contribution in [0.5, 0.6) is 0 Å². The highest BCUT2D eigenvalue weighted by Crippen LogP contribution is 2.38. The predicted octanol–water partition coefficient (Wildman–Crippen LogP) is 2.20. The van der Waals surface area contributed by atoms with Gasteiger partial charge in [0.05, 0.1) is 13.2 Å². The zero-order chi connectivity index (χ0) is 25.0. The molecule has 1 N–H and O–H groups in total. The van der Waals surface area contributed by atoms with Crippen LogP contribution >= 0.6 is 0 Å². The minimum atomic E-state index is -1.12. The number of likely N-dealkylation sites (tertiary alicyclic amines) is 1. The molecule has 4 rings (SSSR count). The first-order valence-electron chi connectivity index (χ1n) is 11.4. The lowest BCUT2D eigenvalue weighted by Crippen LogP contribution is -2.60. The van der Waals surface area contributed by atoms with Crippen molar-refractivity contribution < 1.29 is 32.6 Å². The van der Waals surface area contributed by atoms with Crippen LogP contribution < -0.4 is 5.32 Å². The lowest BCUT2D eigenvalue weighted by atomic mass is 9.96. The molecule has 0 unspecified atom stereocenters. The van der Waals surface area contributed by atoms with Gasteiger partial charge in [0.2, 0.25) is 5.91 Å². The topological polar surface area (TPSA) is 88.2 Å². The fourth-order valence-corrected chi connectivity index (χ4v) is 4.56. The average molecular weight is 488 g/mol. The van der Waals surface area contributed by atoms with E-state index >= 15 is 0 Å². The van der Waals surface area contributed by atoms with Gasteiger partial charge in [-0.25, -0.2) is 8.78 Å². The fourth-order valence-electron chi connectivity index (χ4n) is 4.56. The number of amides is 3. The van der Waals surface area contributed by atoms with Gasteiger partial charge in [-0.2, -0.15) is 0 Å². The van der Waals surface area contributed by atoms with Gasteiger partial charge in [-0.3, -0.25) is 19.3 Å². The van der Waals surface area contributed by atoms with Crippen LogP contribution in [0.3, 0.4) is 0 Å². The van der Waals surface area contributed by atoms with E-state index in [1.807, 2.05) is 0 Å². The van der Waals surface area contributed by atoms with E-state index in [0.717, 1.165) is 6.07 Å². The Bertz CT molecular complexity index is 1090. The van der Waals surface area contributed by atoms with Crippen molar-refractivity contribution in [3.63, 3.8) is 0 Å². The summed E-state index contributed by atoms with van der Waals surface area (Å²) in [4.78, 5) is 42.4. The van der Waals surface area contributed by atoms with Gasteiger partial charge in [0, 0.05) is 50.7 Å². The number of carbonyl (C=O) groups is 3. The molecule has 1 spiro atoms. The van der Waals surface area contributed by atoms with E-state index in [4.69, 9.17) is 9.47 Å². The first kappa shape index (κ1) is 24.7. The van der Waals surface area contributed by atoms with Gasteiger partial charge in [-0.15, -0.1) is 0 Å². The van der Waals surface area contributed by atoms with E-state index in [0.29, 0.717) is 12.2 Å². The molecule has 1 atom stereocenters. The number of halogens is 2. The van der Waals surface area contributed by atoms with Gasteiger partial charge >= 0.3 is 0 Å². The minimum Gasteiger partial charge on any atom is -0.383 e. The Balaban J connectivity index is 1.55. The number of nitrogens with zero attached hydrogens (tertiary/aromatic N) is 2. The van der Waals surface area contributed by atoms with Crippen LogP contribution in [0.1, 0.15) is 33.6 Å². The van der Waals surface area contributed by atoms with Crippen molar-refractivity contribution in [2.24, 2.45) is 0 Å². The van der Waals surface area contributed by atoms with Gasteiger partial charge in [0.15, 0.2) is 0 Å². The monoisotopic (exact) mass is 487 g/mol. The molecule has 2 aliphatic heterocycles. The van der Waals surface area contributed by atoms with Gasteiger partial charge in [-0.05, 0) is 42.5 Å². The average Bonchev–Trinajstić information content (AvgIpc) is 3.22. The van der Waals surface area contributed by atoms with E-state index < -0.39 is 35.2 Å². The third-order valence-corrected chi connectivity index (χ3v) is 6.38. The minimum absolute atomic E-state index is 0.0220. The second kappa shape index (κ2) is 10.5. The summed E-state index contributed by atoms with van der Waals surface area (Å²) in [5.74, 6) is -2.17.